The zero-order valence-corrected chi connectivity index (χ0v) is 10.5. The number of amides is 1. The number of hydrogen-bond donors (Lipinski definition) is 2. The van der Waals surface area contributed by atoms with Gasteiger partial charge in [0.1, 0.15) is 5.41 Å². The van der Waals surface area contributed by atoms with Gasteiger partial charge in [-0.2, -0.15) is 0 Å². The first-order valence-corrected chi connectivity index (χ1v) is 6.10. The number of rotatable bonds is 7. The number of carboxylic acids is 1. The van der Waals surface area contributed by atoms with Crippen LogP contribution in [-0.4, -0.2) is 36.7 Å². The van der Waals surface area contributed by atoms with Crippen LogP contribution >= 0.6 is 0 Å². The number of nitrogens with one attached hydrogen (secondary N) is 1. The molecule has 5 nitrogen and oxygen atoms in total. The van der Waals surface area contributed by atoms with Crippen molar-refractivity contribution in [2.24, 2.45) is 5.41 Å². The van der Waals surface area contributed by atoms with E-state index in [1.165, 1.54) is 0 Å². The summed E-state index contributed by atoms with van der Waals surface area (Å²) in [5, 5.41) is 11.9. The molecule has 0 aliphatic heterocycles. The Balaban J connectivity index is 2.59. The van der Waals surface area contributed by atoms with Gasteiger partial charge in [-0.1, -0.05) is 19.8 Å². The summed E-state index contributed by atoms with van der Waals surface area (Å²) in [6, 6.07) is -0.0886. The number of carbonyl (C=O) groups excluding carboxylic acids is 1. The summed E-state index contributed by atoms with van der Waals surface area (Å²) >= 11 is 0. The number of methoxy groups -OCH3 is 1. The third kappa shape index (κ3) is 2.97. The Hall–Kier alpha value is -1.10. The maximum Gasteiger partial charge on any atom is 0.319 e. The molecular weight excluding hydrogens is 222 g/mol. The standard InChI is InChI=1S/C12H21NO4/c1-3-5-9(8-17-2)13-10(14)12(11(15)16)6-4-7-12/h9H,3-8H2,1-2H3,(H,13,14)(H,15,16). The molecule has 1 atom stereocenters. The highest BCUT2D eigenvalue weighted by molar-refractivity contribution is 6.02. The zero-order valence-electron chi connectivity index (χ0n) is 10.5. The highest BCUT2D eigenvalue weighted by Gasteiger charge is 2.51. The zero-order chi connectivity index (χ0) is 12.9. The van der Waals surface area contributed by atoms with Crippen molar-refractivity contribution in [2.45, 2.75) is 45.1 Å². The van der Waals surface area contributed by atoms with E-state index in [1.807, 2.05) is 6.92 Å². The number of hydrogen-bond acceptors (Lipinski definition) is 3. The fourth-order valence-electron chi connectivity index (χ4n) is 2.14. The second kappa shape index (κ2) is 6.00. The first-order chi connectivity index (χ1) is 8.06. The second-order valence-electron chi connectivity index (χ2n) is 4.66. The summed E-state index contributed by atoms with van der Waals surface area (Å²) < 4.78 is 5.02. The summed E-state index contributed by atoms with van der Waals surface area (Å²) in [4.78, 5) is 23.2. The van der Waals surface area contributed by atoms with Gasteiger partial charge in [-0.3, -0.25) is 9.59 Å². The molecule has 0 saturated heterocycles. The lowest BCUT2D eigenvalue weighted by atomic mass is 9.68. The monoisotopic (exact) mass is 243 g/mol. The van der Waals surface area contributed by atoms with Crippen molar-refractivity contribution < 1.29 is 19.4 Å². The van der Waals surface area contributed by atoms with Crippen molar-refractivity contribution in [1.82, 2.24) is 5.32 Å². The lowest BCUT2D eigenvalue weighted by Crippen LogP contribution is -2.54. The first-order valence-electron chi connectivity index (χ1n) is 6.10. The van der Waals surface area contributed by atoms with E-state index in [1.54, 1.807) is 7.11 Å². The molecule has 0 radical (unpaired) electrons. The molecule has 5 heteroatoms. The molecule has 1 fully saturated rings. The van der Waals surface area contributed by atoms with Gasteiger partial charge in [-0.05, 0) is 19.3 Å². The van der Waals surface area contributed by atoms with Gasteiger partial charge in [-0.15, -0.1) is 0 Å². The van der Waals surface area contributed by atoms with Crippen molar-refractivity contribution in [3.05, 3.63) is 0 Å². The van der Waals surface area contributed by atoms with Gasteiger partial charge >= 0.3 is 5.97 Å². The van der Waals surface area contributed by atoms with Crippen LogP contribution in [0.2, 0.25) is 0 Å². The van der Waals surface area contributed by atoms with Crippen molar-refractivity contribution in [3.8, 4) is 0 Å². The van der Waals surface area contributed by atoms with E-state index in [0.29, 0.717) is 19.4 Å². The molecular formula is C12H21NO4. The Kier molecular flexibility index (Phi) is 4.93. The third-order valence-electron chi connectivity index (χ3n) is 3.39. The predicted octanol–water partition coefficient (Wildman–Crippen LogP) is 1.17. The summed E-state index contributed by atoms with van der Waals surface area (Å²) in [5.41, 5.74) is -1.18. The van der Waals surface area contributed by atoms with E-state index in [9.17, 15) is 9.59 Å². The van der Waals surface area contributed by atoms with Crippen molar-refractivity contribution in [3.63, 3.8) is 0 Å². The number of aliphatic carboxylic acids is 1. The van der Waals surface area contributed by atoms with E-state index in [-0.39, 0.29) is 11.9 Å². The van der Waals surface area contributed by atoms with Crippen molar-refractivity contribution in [1.29, 1.82) is 0 Å². The van der Waals surface area contributed by atoms with Gasteiger partial charge < -0.3 is 15.2 Å². The normalized spacial score (nSPS) is 19.2. The molecule has 98 valence electrons. The summed E-state index contributed by atoms with van der Waals surface area (Å²) in [6.45, 7) is 2.44. The fourth-order valence-corrected chi connectivity index (χ4v) is 2.14. The predicted molar refractivity (Wildman–Crippen MR) is 62.6 cm³/mol. The van der Waals surface area contributed by atoms with Gasteiger partial charge in [0.25, 0.3) is 0 Å². The Morgan fingerprint density at radius 2 is 2.12 bits per heavy atom. The highest BCUT2D eigenvalue weighted by atomic mass is 16.5. The molecule has 0 heterocycles. The lowest BCUT2D eigenvalue weighted by Gasteiger charge is -2.37. The minimum Gasteiger partial charge on any atom is -0.480 e. The Morgan fingerprint density at radius 1 is 1.47 bits per heavy atom. The average Bonchev–Trinajstić information content (AvgIpc) is 2.15. The van der Waals surface area contributed by atoms with E-state index in [0.717, 1.165) is 19.3 Å². The van der Waals surface area contributed by atoms with Gasteiger partial charge in [0, 0.05) is 7.11 Å². The van der Waals surface area contributed by atoms with E-state index in [4.69, 9.17) is 9.84 Å². The van der Waals surface area contributed by atoms with Crippen LogP contribution in [0.5, 0.6) is 0 Å². The van der Waals surface area contributed by atoms with Crippen LogP contribution in [0.25, 0.3) is 0 Å². The minimum absolute atomic E-state index is 0.0886. The molecule has 1 amide bonds. The van der Waals surface area contributed by atoms with Crippen molar-refractivity contribution >= 4 is 11.9 Å². The van der Waals surface area contributed by atoms with Crippen LogP contribution in [0.4, 0.5) is 0 Å². The molecule has 1 unspecified atom stereocenters. The third-order valence-corrected chi connectivity index (χ3v) is 3.39. The maximum absolute atomic E-state index is 12.0. The molecule has 1 saturated carbocycles. The molecule has 0 bridgehead atoms. The van der Waals surface area contributed by atoms with Gasteiger partial charge in [0.15, 0.2) is 0 Å². The molecule has 0 aromatic heterocycles. The maximum atomic E-state index is 12.0. The molecule has 0 aromatic rings. The SMILES string of the molecule is CCCC(COC)NC(=O)C1(C(=O)O)CCC1. The molecule has 1 aliphatic carbocycles. The van der Waals surface area contributed by atoms with Crippen LogP contribution in [-0.2, 0) is 14.3 Å². The van der Waals surface area contributed by atoms with E-state index in [2.05, 4.69) is 5.32 Å². The van der Waals surface area contributed by atoms with Crippen molar-refractivity contribution in [2.75, 3.05) is 13.7 Å². The van der Waals surface area contributed by atoms with Crippen LogP contribution in [0.3, 0.4) is 0 Å². The van der Waals surface area contributed by atoms with Crippen LogP contribution < -0.4 is 5.32 Å². The number of carbonyl (C=O) groups is 2. The molecule has 17 heavy (non-hydrogen) atoms. The summed E-state index contributed by atoms with van der Waals surface area (Å²) in [7, 11) is 1.57. The Labute approximate surface area is 102 Å². The lowest BCUT2D eigenvalue weighted by molar-refractivity contribution is -0.162. The highest BCUT2D eigenvalue weighted by Crippen LogP contribution is 2.41. The molecule has 1 rings (SSSR count). The number of carboxylic acid groups (broad SMARTS) is 1. The van der Waals surface area contributed by atoms with Gasteiger partial charge in [0.05, 0.1) is 12.6 Å². The Bertz CT molecular complexity index is 280. The Morgan fingerprint density at radius 3 is 2.47 bits per heavy atom. The summed E-state index contributed by atoms with van der Waals surface area (Å²) in [6.07, 6.45) is 3.42. The van der Waals surface area contributed by atoms with E-state index < -0.39 is 11.4 Å². The number of ether oxygens (including phenoxy) is 1. The van der Waals surface area contributed by atoms with Crippen LogP contribution in [0.1, 0.15) is 39.0 Å². The quantitative estimate of drug-likeness (QED) is 0.658. The minimum atomic E-state index is -1.18. The second-order valence-corrected chi connectivity index (χ2v) is 4.66. The van der Waals surface area contributed by atoms with E-state index >= 15 is 0 Å². The largest absolute Gasteiger partial charge is 0.480 e. The topological polar surface area (TPSA) is 75.6 Å². The first kappa shape index (κ1) is 14.0. The fraction of sp³-hybridized carbons (Fsp3) is 0.833. The van der Waals surface area contributed by atoms with Crippen LogP contribution in [0.15, 0.2) is 0 Å². The van der Waals surface area contributed by atoms with Gasteiger partial charge in [0.2, 0.25) is 5.91 Å². The molecule has 2 N–H and O–H groups in total. The molecule has 0 aromatic carbocycles. The van der Waals surface area contributed by atoms with Gasteiger partial charge in [-0.25, -0.2) is 0 Å². The smallest absolute Gasteiger partial charge is 0.319 e. The van der Waals surface area contributed by atoms with Crippen LogP contribution in [0, 0.1) is 5.41 Å². The average molecular weight is 243 g/mol. The summed E-state index contributed by atoms with van der Waals surface area (Å²) in [5.74, 6) is -1.36. The molecule has 1 aliphatic rings. The molecule has 0 spiro atoms.